The third kappa shape index (κ3) is 10.6. The maximum Gasteiger partial charge on any atom is 0.251 e. The van der Waals surface area contributed by atoms with Crippen LogP contribution in [0.2, 0.25) is 0 Å². The third-order valence-electron chi connectivity index (χ3n) is 7.39. The quantitative estimate of drug-likeness (QED) is 0.130. The van der Waals surface area contributed by atoms with Crippen LogP contribution in [0.15, 0.2) is 60.7 Å². The van der Waals surface area contributed by atoms with Gasteiger partial charge in [0, 0.05) is 29.7 Å². The van der Waals surface area contributed by atoms with Gasteiger partial charge in [0.25, 0.3) is 5.91 Å². The van der Waals surface area contributed by atoms with E-state index in [9.17, 15) is 23.5 Å². The SMILES string of the molecule is CCCC(CCC)C(=O)c1cc(C)cc(C(=O)N[C@@H](Cc2cc(F)cc(F)c2)C(O)CCOCc2cccc(OC)c2)c1. The number of aryl methyl sites for hydroxylation is 1. The maximum atomic E-state index is 14.0. The van der Waals surface area contributed by atoms with Crippen LogP contribution in [0.1, 0.15) is 83.4 Å². The van der Waals surface area contributed by atoms with Crippen molar-refractivity contribution in [3.63, 3.8) is 0 Å². The molecule has 2 N–H and O–H groups in total. The lowest BCUT2D eigenvalue weighted by Crippen LogP contribution is -2.45. The van der Waals surface area contributed by atoms with Crippen molar-refractivity contribution >= 4 is 11.7 Å². The molecule has 43 heavy (non-hydrogen) atoms. The molecule has 0 radical (unpaired) electrons. The molecule has 0 aliphatic carbocycles. The van der Waals surface area contributed by atoms with Crippen molar-refractivity contribution in [3.05, 3.63) is 100 Å². The molecule has 3 aromatic rings. The van der Waals surface area contributed by atoms with Crippen LogP contribution in [-0.2, 0) is 17.8 Å². The van der Waals surface area contributed by atoms with E-state index in [1.165, 1.54) is 12.1 Å². The van der Waals surface area contributed by atoms with Crippen LogP contribution in [-0.4, -0.2) is 42.7 Å². The third-order valence-corrected chi connectivity index (χ3v) is 7.39. The zero-order valence-corrected chi connectivity index (χ0v) is 25.5. The molecule has 0 bridgehead atoms. The number of nitrogens with one attached hydrogen (secondary N) is 1. The zero-order valence-electron chi connectivity index (χ0n) is 25.5. The lowest BCUT2D eigenvalue weighted by Gasteiger charge is -2.25. The van der Waals surface area contributed by atoms with E-state index in [1.807, 2.05) is 45.0 Å². The second kappa shape index (κ2) is 16.9. The number of methoxy groups -OCH3 is 1. The molecule has 3 rings (SSSR count). The average molecular weight is 596 g/mol. The van der Waals surface area contributed by atoms with Gasteiger partial charge in [0.15, 0.2) is 5.78 Å². The molecule has 0 heterocycles. The fraction of sp³-hybridized carbons (Fsp3) is 0.429. The monoisotopic (exact) mass is 595 g/mol. The summed E-state index contributed by atoms with van der Waals surface area (Å²) in [6, 6.07) is 14.8. The van der Waals surface area contributed by atoms with Crippen LogP contribution >= 0.6 is 0 Å². The molecule has 232 valence electrons. The van der Waals surface area contributed by atoms with Crippen LogP contribution in [0.25, 0.3) is 0 Å². The zero-order chi connectivity index (χ0) is 31.4. The van der Waals surface area contributed by atoms with Gasteiger partial charge in [0.1, 0.15) is 17.4 Å². The molecule has 0 aromatic heterocycles. The van der Waals surface area contributed by atoms with Crippen LogP contribution in [0.3, 0.4) is 0 Å². The van der Waals surface area contributed by atoms with E-state index in [0.29, 0.717) is 23.5 Å². The Kier molecular flexibility index (Phi) is 13.3. The number of aliphatic hydroxyl groups is 1. The highest BCUT2D eigenvalue weighted by Gasteiger charge is 2.25. The summed E-state index contributed by atoms with van der Waals surface area (Å²) in [6.07, 6.45) is 2.41. The van der Waals surface area contributed by atoms with Gasteiger partial charge in [-0.15, -0.1) is 0 Å². The minimum absolute atomic E-state index is 0.00977. The van der Waals surface area contributed by atoms with E-state index in [2.05, 4.69) is 5.32 Å². The number of benzene rings is 3. The fourth-order valence-electron chi connectivity index (χ4n) is 5.27. The summed E-state index contributed by atoms with van der Waals surface area (Å²) in [5, 5.41) is 14.0. The van der Waals surface area contributed by atoms with E-state index < -0.39 is 29.7 Å². The Bertz CT molecular complexity index is 1340. The summed E-state index contributed by atoms with van der Waals surface area (Å²) >= 11 is 0. The molecule has 0 spiro atoms. The van der Waals surface area contributed by atoms with Crippen LogP contribution in [0.5, 0.6) is 5.75 Å². The smallest absolute Gasteiger partial charge is 0.251 e. The van der Waals surface area contributed by atoms with E-state index in [1.54, 1.807) is 25.3 Å². The molecule has 0 aliphatic heterocycles. The molecule has 6 nitrogen and oxygen atoms in total. The molecule has 1 unspecified atom stereocenters. The summed E-state index contributed by atoms with van der Waals surface area (Å²) in [7, 11) is 1.58. The van der Waals surface area contributed by atoms with E-state index in [0.717, 1.165) is 42.9 Å². The Labute approximate surface area is 253 Å². The Balaban J connectivity index is 1.76. The van der Waals surface area contributed by atoms with Crippen molar-refractivity contribution in [2.24, 2.45) is 5.92 Å². The molecule has 3 aromatic carbocycles. The van der Waals surface area contributed by atoms with Gasteiger partial charge in [-0.2, -0.15) is 0 Å². The molecule has 0 fully saturated rings. The van der Waals surface area contributed by atoms with Gasteiger partial charge in [-0.05, 0) is 91.8 Å². The molecule has 8 heteroatoms. The fourth-order valence-corrected chi connectivity index (χ4v) is 5.27. The second-order valence-electron chi connectivity index (χ2n) is 11.0. The molecule has 0 saturated heterocycles. The van der Waals surface area contributed by atoms with Gasteiger partial charge in [-0.1, -0.05) is 38.8 Å². The summed E-state index contributed by atoms with van der Waals surface area (Å²) in [5.41, 5.74) is 2.72. The highest BCUT2D eigenvalue weighted by atomic mass is 19.1. The molecular weight excluding hydrogens is 552 g/mol. The lowest BCUT2D eigenvalue weighted by atomic mass is 9.88. The second-order valence-corrected chi connectivity index (χ2v) is 11.0. The topological polar surface area (TPSA) is 84.9 Å². The minimum Gasteiger partial charge on any atom is -0.497 e. The summed E-state index contributed by atoms with van der Waals surface area (Å²) in [5.74, 6) is -1.36. The Morgan fingerprint density at radius 2 is 1.56 bits per heavy atom. The molecule has 0 saturated carbocycles. The first-order chi connectivity index (χ1) is 20.6. The molecule has 0 aliphatic rings. The number of carbonyl (C=O) groups excluding carboxylic acids is 2. The number of rotatable bonds is 17. The predicted octanol–water partition coefficient (Wildman–Crippen LogP) is 6.99. The standard InChI is InChI=1S/C35H43F2NO5/c1-5-8-26(9-6-2)34(40)27-14-23(3)15-28(20-27)35(41)38-32(19-25-16-29(36)21-30(37)17-25)33(39)12-13-43-22-24-10-7-11-31(18-24)42-4/h7,10-11,14-18,20-21,26,32-33,39H,5-6,8-9,12-13,19,22H2,1-4H3,(H,38,41)/t32-,33?/m0/s1. The average Bonchev–Trinajstić information content (AvgIpc) is 2.97. The van der Waals surface area contributed by atoms with Crippen molar-refractivity contribution < 1.29 is 33.0 Å². The number of carbonyl (C=O) groups is 2. The highest BCUT2D eigenvalue weighted by Crippen LogP contribution is 2.22. The number of ketones is 1. The van der Waals surface area contributed by atoms with Gasteiger partial charge in [0.05, 0.1) is 25.9 Å². The number of halogens is 2. The van der Waals surface area contributed by atoms with Crippen LogP contribution in [0, 0.1) is 24.5 Å². The van der Waals surface area contributed by atoms with Crippen molar-refractivity contribution in [3.8, 4) is 5.75 Å². The largest absolute Gasteiger partial charge is 0.497 e. The van der Waals surface area contributed by atoms with Crippen LogP contribution in [0.4, 0.5) is 8.78 Å². The number of hydrogen-bond acceptors (Lipinski definition) is 5. The summed E-state index contributed by atoms with van der Waals surface area (Å²) in [4.78, 5) is 26.8. The number of ether oxygens (including phenoxy) is 2. The van der Waals surface area contributed by atoms with Gasteiger partial charge in [-0.3, -0.25) is 9.59 Å². The van der Waals surface area contributed by atoms with Gasteiger partial charge >= 0.3 is 0 Å². The van der Waals surface area contributed by atoms with Gasteiger partial charge in [-0.25, -0.2) is 8.78 Å². The first-order valence-corrected chi connectivity index (χ1v) is 14.9. The summed E-state index contributed by atoms with van der Waals surface area (Å²) in [6.45, 7) is 6.40. The highest BCUT2D eigenvalue weighted by molar-refractivity contribution is 6.02. The van der Waals surface area contributed by atoms with E-state index in [4.69, 9.17) is 9.47 Å². The van der Waals surface area contributed by atoms with Crippen molar-refractivity contribution in [1.29, 1.82) is 0 Å². The first kappa shape index (κ1) is 33.9. The van der Waals surface area contributed by atoms with Gasteiger partial charge in [0.2, 0.25) is 0 Å². The van der Waals surface area contributed by atoms with Gasteiger partial charge < -0.3 is 19.9 Å². The molecular formula is C35H43F2NO5. The summed E-state index contributed by atoms with van der Waals surface area (Å²) < 4.78 is 38.9. The van der Waals surface area contributed by atoms with Crippen molar-refractivity contribution in [2.75, 3.05) is 13.7 Å². The Morgan fingerprint density at radius 1 is 0.884 bits per heavy atom. The van der Waals surface area contributed by atoms with E-state index in [-0.39, 0.29) is 36.7 Å². The molecule has 2 atom stereocenters. The Morgan fingerprint density at radius 3 is 2.21 bits per heavy atom. The minimum atomic E-state index is -1.08. The predicted molar refractivity (Wildman–Crippen MR) is 163 cm³/mol. The number of amides is 1. The number of Topliss-reactive ketones (excluding diaryl/α,β-unsaturated/α-hetero) is 1. The molecule has 1 amide bonds. The van der Waals surface area contributed by atoms with E-state index >= 15 is 0 Å². The lowest BCUT2D eigenvalue weighted by molar-refractivity contribution is 0.0521. The van der Waals surface area contributed by atoms with Crippen molar-refractivity contribution in [1.82, 2.24) is 5.32 Å². The van der Waals surface area contributed by atoms with Crippen molar-refractivity contribution in [2.45, 2.75) is 78.0 Å². The number of aliphatic hydroxyl groups excluding tert-OH is 1. The Hall–Kier alpha value is -3.62. The first-order valence-electron chi connectivity index (χ1n) is 14.9. The maximum absolute atomic E-state index is 14.0. The van der Waals surface area contributed by atoms with Crippen LogP contribution < -0.4 is 10.1 Å². The normalized spacial score (nSPS) is 12.7. The number of hydrogen-bond donors (Lipinski definition) is 2.